The lowest BCUT2D eigenvalue weighted by atomic mass is 10.1. The predicted molar refractivity (Wildman–Crippen MR) is 74.9 cm³/mol. The van der Waals surface area contributed by atoms with Crippen molar-refractivity contribution >= 4 is 5.91 Å². The number of carbonyl (C=O) groups is 1. The van der Waals surface area contributed by atoms with Gasteiger partial charge in [0.2, 0.25) is 0 Å². The van der Waals surface area contributed by atoms with Crippen LogP contribution in [0, 0.1) is 12.7 Å². The summed E-state index contributed by atoms with van der Waals surface area (Å²) in [6.07, 6.45) is -0.784. The molecule has 20 heavy (non-hydrogen) atoms. The molecule has 1 amide bonds. The minimum atomic E-state index is -0.784. The zero-order chi connectivity index (χ0) is 14.5. The van der Waals surface area contributed by atoms with Crippen molar-refractivity contribution < 1.29 is 14.3 Å². The van der Waals surface area contributed by atoms with Gasteiger partial charge >= 0.3 is 0 Å². The summed E-state index contributed by atoms with van der Waals surface area (Å²) in [5, 5.41) is 12.6. The van der Waals surface area contributed by atoms with Gasteiger partial charge in [0.15, 0.2) is 0 Å². The second-order valence-corrected chi connectivity index (χ2v) is 4.65. The number of benzene rings is 2. The molecular formula is C16H16FNO2. The molecule has 4 heteroatoms. The van der Waals surface area contributed by atoms with Gasteiger partial charge in [-0.2, -0.15) is 0 Å². The number of halogens is 1. The Balaban J connectivity index is 1.94. The zero-order valence-electron chi connectivity index (χ0n) is 11.1. The molecule has 2 aromatic carbocycles. The normalized spacial score (nSPS) is 11.9. The van der Waals surface area contributed by atoms with Crippen LogP contribution < -0.4 is 5.32 Å². The first kappa shape index (κ1) is 14.2. The minimum absolute atomic E-state index is 0.0818. The Labute approximate surface area is 117 Å². The quantitative estimate of drug-likeness (QED) is 0.899. The summed E-state index contributed by atoms with van der Waals surface area (Å²) < 4.78 is 13.0. The van der Waals surface area contributed by atoms with Crippen LogP contribution in [0.4, 0.5) is 4.39 Å². The second-order valence-electron chi connectivity index (χ2n) is 4.65. The molecule has 0 saturated carbocycles. The summed E-state index contributed by atoms with van der Waals surface area (Å²) >= 11 is 0. The van der Waals surface area contributed by atoms with Crippen molar-refractivity contribution in [2.45, 2.75) is 13.0 Å². The average Bonchev–Trinajstić information content (AvgIpc) is 2.45. The molecule has 2 aromatic rings. The van der Waals surface area contributed by atoms with Crippen LogP contribution in [0.25, 0.3) is 0 Å². The third-order valence-electron chi connectivity index (χ3n) is 3.00. The first-order valence-corrected chi connectivity index (χ1v) is 6.34. The van der Waals surface area contributed by atoms with E-state index in [2.05, 4.69) is 5.32 Å². The molecule has 0 radical (unpaired) electrons. The number of hydrogen-bond donors (Lipinski definition) is 2. The number of rotatable bonds is 4. The molecule has 104 valence electrons. The monoisotopic (exact) mass is 273 g/mol. The number of carbonyl (C=O) groups excluding carboxylic acids is 1. The van der Waals surface area contributed by atoms with Gasteiger partial charge in [-0.05, 0) is 30.7 Å². The van der Waals surface area contributed by atoms with Gasteiger partial charge in [0.1, 0.15) is 5.82 Å². The van der Waals surface area contributed by atoms with E-state index in [1.54, 1.807) is 0 Å². The highest BCUT2D eigenvalue weighted by Crippen LogP contribution is 2.13. The molecule has 0 bridgehead atoms. The largest absolute Gasteiger partial charge is 0.387 e. The smallest absolute Gasteiger partial charge is 0.251 e. The summed E-state index contributed by atoms with van der Waals surface area (Å²) in [5.74, 6) is -0.868. The Kier molecular flexibility index (Phi) is 4.48. The molecule has 0 heterocycles. The molecule has 0 spiro atoms. The van der Waals surface area contributed by atoms with Crippen LogP contribution >= 0.6 is 0 Å². The fraction of sp³-hybridized carbons (Fsp3) is 0.188. The van der Waals surface area contributed by atoms with Gasteiger partial charge in [0.25, 0.3) is 5.91 Å². The van der Waals surface area contributed by atoms with Gasteiger partial charge in [-0.15, -0.1) is 0 Å². The third kappa shape index (κ3) is 3.65. The highest BCUT2D eigenvalue weighted by atomic mass is 19.1. The summed E-state index contributed by atoms with van der Waals surface area (Å²) in [5.41, 5.74) is 2.07. The van der Waals surface area contributed by atoms with E-state index in [1.165, 1.54) is 18.2 Å². The summed E-state index contributed by atoms with van der Waals surface area (Å²) in [6.45, 7) is 2.04. The minimum Gasteiger partial charge on any atom is -0.387 e. The summed E-state index contributed by atoms with van der Waals surface area (Å²) in [6, 6.07) is 12.9. The maximum atomic E-state index is 13.0. The van der Waals surface area contributed by atoms with E-state index in [0.717, 1.165) is 17.2 Å². The standard InChI is InChI=1S/C16H16FNO2/c1-11-5-7-12(8-6-11)15(19)10-18-16(20)13-3-2-4-14(17)9-13/h2-9,15,19H,10H2,1H3,(H,18,20)/t15-/m0/s1. The number of aryl methyl sites for hydroxylation is 1. The second kappa shape index (κ2) is 6.30. The molecule has 0 aromatic heterocycles. The Hall–Kier alpha value is -2.20. The fourth-order valence-corrected chi connectivity index (χ4v) is 1.83. The van der Waals surface area contributed by atoms with Gasteiger partial charge < -0.3 is 10.4 Å². The predicted octanol–water partition coefficient (Wildman–Crippen LogP) is 2.60. The van der Waals surface area contributed by atoms with Crippen LogP contribution in [0.2, 0.25) is 0 Å². The number of amides is 1. The first-order valence-electron chi connectivity index (χ1n) is 6.34. The maximum Gasteiger partial charge on any atom is 0.251 e. The van der Waals surface area contributed by atoms with Crippen LogP contribution in [-0.4, -0.2) is 17.6 Å². The van der Waals surface area contributed by atoms with E-state index < -0.39 is 17.8 Å². The van der Waals surface area contributed by atoms with E-state index in [0.29, 0.717) is 0 Å². The molecule has 3 nitrogen and oxygen atoms in total. The average molecular weight is 273 g/mol. The Morgan fingerprint density at radius 3 is 2.60 bits per heavy atom. The summed E-state index contributed by atoms with van der Waals surface area (Å²) in [7, 11) is 0. The maximum absolute atomic E-state index is 13.0. The van der Waals surface area contributed by atoms with Gasteiger partial charge in [-0.1, -0.05) is 35.9 Å². The molecule has 2 rings (SSSR count). The van der Waals surface area contributed by atoms with E-state index in [4.69, 9.17) is 0 Å². The Morgan fingerprint density at radius 2 is 1.95 bits per heavy atom. The van der Waals surface area contributed by atoms with Crippen LogP contribution in [0.15, 0.2) is 48.5 Å². The van der Waals surface area contributed by atoms with Crippen LogP contribution in [0.5, 0.6) is 0 Å². The lowest BCUT2D eigenvalue weighted by Gasteiger charge is -2.12. The molecular weight excluding hydrogens is 257 g/mol. The van der Waals surface area contributed by atoms with E-state index in [-0.39, 0.29) is 12.1 Å². The van der Waals surface area contributed by atoms with E-state index in [1.807, 2.05) is 31.2 Å². The molecule has 1 atom stereocenters. The van der Waals surface area contributed by atoms with Crippen LogP contribution in [0.3, 0.4) is 0 Å². The number of aliphatic hydroxyl groups excluding tert-OH is 1. The summed E-state index contributed by atoms with van der Waals surface area (Å²) in [4.78, 5) is 11.8. The van der Waals surface area contributed by atoms with Gasteiger partial charge in [-0.3, -0.25) is 4.79 Å². The fourth-order valence-electron chi connectivity index (χ4n) is 1.83. The molecule has 0 aliphatic heterocycles. The lowest BCUT2D eigenvalue weighted by molar-refractivity contribution is 0.0916. The SMILES string of the molecule is Cc1ccc([C@@H](O)CNC(=O)c2cccc(F)c2)cc1. The topological polar surface area (TPSA) is 49.3 Å². The van der Waals surface area contributed by atoms with Crippen molar-refractivity contribution in [3.05, 3.63) is 71.0 Å². The first-order chi connectivity index (χ1) is 9.56. The number of aliphatic hydroxyl groups is 1. The van der Waals surface area contributed by atoms with E-state index in [9.17, 15) is 14.3 Å². The Morgan fingerprint density at radius 1 is 1.25 bits per heavy atom. The van der Waals surface area contributed by atoms with E-state index >= 15 is 0 Å². The van der Waals surface area contributed by atoms with Crippen molar-refractivity contribution in [1.29, 1.82) is 0 Å². The molecule has 0 aliphatic rings. The van der Waals surface area contributed by atoms with Crippen molar-refractivity contribution in [3.63, 3.8) is 0 Å². The van der Waals surface area contributed by atoms with Gasteiger partial charge in [0.05, 0.1) is 6.10 Å². The molecule has 0 unspecified atom stereocenters. The third-order valence-corrected chi connectivity index (χ3v) is 3.00. The molecule has 2 N–H and O–H groups in total. The van der Waals surface area contributed by atoms with Crippen molar-refractivity contribution in [1.82, 2.24) is 5.32 Å². The lowest BCUT2D eigenvalue weighted by Crippen LogP contribution is -2.28. The Bertz CT molecular complexity index is 596. The highest BCUT2D eigenvalue weighted by Gasteiger charge is 2.11. The molecule has 0 saturated heterocycles. The van der Waals surface area contributed by atoms with Crippen molar-refractivity contribution in [2.24, 2.45) is 0 Å². The van der Waals surface area contributed by atoms with Crippen LogP contribution in [-0.2, 0) is 0 Å². The highest BCUT2D eigenvalue weighted by molar-refractivity contribution is 5.94. The van der Waals surface area contributed by atoms with Crippen LogP contribution in [0.1, 0.15) is 27.6 Å². The van der Waals surface area contributed by atoms with Gasteiger partial charge in [-0.25, -0.2) is 4.39 Å². The van der Waals surface area contributed by atoms with Crippen molar-refractivity contribution in [2.75, 3.05) is 6.54 Å². The zero-order valence-corrected chi connectivity index (χ0v) is 11.1. The van der Waals surface area contributed by atoms with Gasteiger partial charge in [0, 0.05) is 12.1 Å². The number of hydrogen-bond acceptors (Lipinski definition) is 2. The van der Waals surface area contributed by atoms with Crippen molar-refractivity contribution in [3.8, 4) is 0 Å². The number of nitrogens with one attached hydrogen (secondary N) is 1. The molecule has 0 fully saturated rings. The molecule has 0 aliphatic carbocycles.